The van der Waals surface area contributed by atoms with Crippen molar-refractivity contribution in [2.75, 3.05) is 52.5 Å². The van der Waals surface area contributed by atoms with Crippen LogP contribution in [-0.4, -0.2) is 74.2 Å². The van der Waals surface area contributed by atoms with E-state index in [1.165, 1.54) is 0 Å². The molecule has 0 aliphatic heterocycles. The molecular formula is C31H42N2O6. The second-order valence-electron chi connectivity index (χ2n) is 9.54. The third kappa shape index (κ3) is 7.90. The number of rotatable bonds is 16. The fraction of sp³-hybridized carbons (Fsp3) is 0.516. The van der Waals surface area contributed by atoms with Crippen LogP contribution in [-0.2, 0) is 9.47 Å². The number of hydrogen-bond acceptors (Lipinski definition) is 8. The standard InChI is InChI=1S/C31H42N2O6/c1-5-32(6-2)19-9-11-21-37-30(35)25-17-13-15-23-27(34)24-16-14-18-26(29(24)39-28(23)25)31(36)38-22-12-10-20-33(7-3)8-4/h13-18H,5-12,19-22H2,1-4H3. The molecule has 0 amide bonds. The number of carbonyl (C=O) groups is 2. The first-order valence-electron chi connectivity index (χ1n) is 14.2. The Morgan fingerprint density at radius 2 is 1.08 bits per heavy atom. The van der Waals surface area contributed by atoms with Crippen LogP contribution >= 0.6 is 0 Å². The third-order valence-corrected chi connectivity index (χ3v) is 7.16. The average Bonchev–Trinajstić information content (AvgIpc) is 2.96. The van der Waals surface area contributed by atoms with Crippen molar-refractivity contribution in [1.82, 2.24) is 9.80 Å². The predicted molar refractivity (Wildman–Crippen MR) is 155 cm³/mol. The summed E-state index contributed by atoms with van der Waals surface area (Å²) in [6.45, 7) is 14.9. The Bertz CT molecular complexity index is 1200. The van der Waals surface area contributed by atoms with Gasteiger partial charge in [-0.2, -0.15) is 0 Å². The highest BCUT2D eigenvalue weighted by atomic mass is 16.5. The first-order chi connectivity index (χ1) is 18.9. The summed E-state index contributed by atoms with van der Waals surface area (Å²) in [5, 5.41) is 0.529. The van der Waals surface area contributed by atoms with Gasteiger partial charge in [0.1, 0.15) is 11.1 Å². The van der Waals surface area contributed by atoms with Crippen LogP contribution in [0, 0.1) is 0 Å². The molecule has 3 aromatic rings. The van der Waals surface area contributed by atoms with Crippen molar-refractivity contribution in [3.63, 3.8) is 0 Å². The van der Waals surface area contributed by atoms with Crippen LogP contribution in [0.1, 0.15) is 74.1 Å². The first kappa shape index (κ1) is 30.3. The maximum atomic E-state index is 13.3. The Hall–Kier alpha value is -3.23. The molecule has 1 heterocycles. The van der Waals surface area contributed by atoms with Crippen LogP contribution in [0.2, 0.25) is 0 Å². The Balaban J connectivity index is 1.75. The molecule has 3 rings (SSSR count). The van der Waals surface area contributed by atoms with E-state index >= 15 is 0 Å². The van der Waals surface area contributed by atoms with Gasteiger partial charge in [0, 0.05) is 0 Å². The minimum Gasteiger partial charge on any atom is -0.462 e. The summed E-state index contributed by atoms with van der Waals surface area (Å²) in [4.78, 5) is 43.8. The summed E-state index contributed by atoms with van der Waals surface area (Å²) in [6, 6.07) is 9.65. The van der Waals surface area contributed by atoms with E-state index < -0.39 is 11.9 Å². The van der Waals surface area contributed by atoms with Crippen LogP contribution < -0.4 is 5.43 Å². The third-order valence-electron chi connectivity index (χ3n) is 7.16. The van der Waals surface area contributed by atoms with E-state index in [1.807, 2.05) is 0 Å². The van der Waals surface area contributed by atoms with Gasteiger partial charge in [0.05, 0.1) is 24.0 Å². The van der Waals surface area contributed by atoms with Crippen LogP contribution in [0.15, 0.2) is 45.6 Å². The molecule has 0 N–H and O–H groups in total. The Kier molecular flexibility index (Phi) is 12.0. The highest BCUT2D eigenvalue weighted by Gasteiger charge is 2.21. The number of esters is 2. The lowest BCUT2D eigenvalue weighted by Crippen LogP contribution is -2.24. The molecule has 0 unspecified atom stereocenters. The number of para-hydroxylation sites is 2. The molecule has 0 aliphatic carbocycles. The summed E-state index contributed by atoms with van der Waals surface area (Å²) in [5.74, 6) is -1.11. The fourth-order valence-electron chi connectivity index (χ4n) is 4.66. The first-order valence-corrected chi connectivity index (χ1v) is 14.2. The zero-order chi connectivity index (χ0) is 28.2. The van der Waals surface area contributed by atoms with Crippen molar-refractivity contribution in [2.45, 2.75) is 53.4 Å². The van der Waals surface area contributed by atoms with E-state index in [0.717, 1.165) is 65.0 Å². The Morgan fingerprint density at radius 1 is 0.667 bits per heavy atom. The maximum Gasteiger partial charge on any atom is 0.341 e. The quantitative estimate of drug-likeness (QED) is 0.134. The van der Waals surface area contributed by atoms with Crippen molar-refractivity contribution in [2.24, 2.45) is 0 Å². The number of benzene rings is 2. The summed E-state index contributed by atoms with van der Waals surface area (Å²) in [5.41, 5.74) is 0.240. The maximum absolute atomic E-state index is 13.3. The number of unbranched alkanes of at least 4 members (excludes halogenated alkanes) is 2. The van der Waals surface area contributed by atoms with Gasteiger partial charge in [-0.3, -0.25) is 4.79 Å². The second-order valence-corrected chi connectivity index (χ2v) is 9.54. The predicted octanol–water partition coefficient (Wildman–Crippen LogP) is 5.50. The number of ether oxygens (including phenoxy) is 2. The van der Waals surface area contributed by atoms with Gasteiger partial charge in [-0.1, -0.05) is 39.8 Å². The number of nitrogens with zero attached hydrogens (tertiary/aromatic N) is 2. The van der Waals surface area contributed by atoms with Gasteiger partial charge in [0.25, 0.3) is 0 Å². The zero-order valence-corrected chi connectivity index (χ0v) is 23.8. The van der Waals surface area contributed by atoms with Crippen molar-refractivity contribution in [3.8, 4) is 0 Å². The van der Waals surface area contributed by atoms with Crippen molar-refractivity contribution in [3.05, 3.63) is 57.7 Å². The molecule has 0 atom stereocenters. The second kappa shape index (κ2) is 15.4. The van der Waals surface area contributed by atoms with Crippen molar-refractivity contribution in [1.29, 1.82) is 0 Å². The Labute approximate surface area is 230 Å². The van der Waals surface area contributed by atoms with Crippen LogP contribution in [0.4, 0.5) is 0 Å². The topological polar surface area (TPSA) is 89.3 Å². The van der Waals surface area contributed by atoms with E-state index in [-0.39, 0.29) is 51.7 Å². The molecule has 2 aromatic carbocycles. The summed E-state index contributed by atoms with van der Waals surface area (Å²) >= 11 is 0. The molecule has 0 fully saturated rings. The summed E-state index contributed by atoms with van der Waals surface area (Å²) in [6.07, 6.45) is 3.33. The van der Waals surface area contributed by atoms with Gasteiger partial charge < -0.3 is 23.7 Å². The van der Waals surface area contributed by atoms with Crippen molar-refractivity contribution >= 4 is 33.9 Å². The van der Waals surface area contributed by atoms with E-state index in [9.17, 15) is 14.4 Å². The molecule has 0 spiro atoms. The molecule has 0 aliphatic rings. The molecule has 0 radical (unpaired) electrons. The van der Waals surface area contributed by atoms with Gasteiger partial charge in [0.15, 0.2) is 11.2 Å². The molecule has 8 nitrogen and oxygen atoms in total. The minimum atomic E-state index is -0.556. The van der Waals surface area contributed by atoms with Crippen LogP contribution in [0.5, 0.6) is 0 Å². The number of hydrogen-bond donors (Lipinski definition) is 0. The van der Waals surface area contributed by atoms with E-state index in [2.05, 4.69) is 37.5 Å². The van der Waals surface area contributed by atoms with Crippen LogP contribution in [0.3, 0.4) is 0 Å². The van der Waals surface area contributed by atoms with E-state index in [4.69, 9.17) is 13.9 Å². The summed E-state index contributed by atoms with van der Waals surface area (Å²) < 4.78 is 17.1. The molecule has 0 saturated heterocycles. The number of carbonyl (C=O) groups excluding carboxylic acids is 2. The smallest absolute Gasteiger partial charge is 0.341 e. The lowest BCUT2D eigenvalue weighted by atomic mass is 10.1. The van der Waals surface area contributed by atoms with E-state index in [1.54, 1.807) is 36.4 Å². The normalized spacial score (nSPS) is 11.5. The van der Waals surface area contributed by atoms with Gasteiger partial charge >= 0.3 is 11.9 Å². The summed E-state index contributed by atoms with van der Waals surface area (Å²) in [7, 11) is 0. The van der Waals surface area contributed by atoms with Gasteiger partial charge in [-0.15, -0.1) is 0 Å². The molecule has 39 heavy (non-hydrogen) atoms. The molecule has 0 bridgehead atoms. The monoisotopic (exact) mass is 538 g/mol. The minimum absolute atomic E-state index is 0.114. The Morgan fingerprint density at radius 3 is 1.46 bits per heavy atom. The highest BCUT2D eigenvalue weighted by Crippen LogP contribution is 2.25. The molecule has 0 saturated carbocycles. The van der Waals surface area contributed by atoms with Crippen LogP contribution in [0.25, 0.3) is 21.9 Å². The highest BCUT2D eigenvalue weighted by molar-refractivity contribution is 6.07. The molecule has 8 heteroatoms. The van der Waals surface area contributed by atoms with Gasteiger partial charge in [-0.25, -0.2) is 9.59 Å². The lowest BCUT2D eigenvalue weighted by molar-refractivity contribution is 0.0489. The number of fused-ring (bicyclic) bond motifs is 2. The molecular weight excluding hydrogens is 496 g/mol. The van der Waals surface area contributed by atoms with E-state index in [0.29, 0.717) is 0 Å². The molecule has 212 valence electrons. The SMILES string of the molecule is CCN(CC)CCCCOC(=O)c1cccc2c(=O)c3cccc(C(=O)OCCCCN(CC)CC)c3oc12. The zero-order valence-electron chi connectivity index (χ0n) is 23.8. The lowest BCUT2D eigenvalue weighted by Gasteiger charge is -2.17. The fourth-order valence-corrected chi connectivity index (χ4v) is 4.66. The van der Waals surface area contributed by atoms with Crippen molar-refractivity contribution < 1.29 is 23.5 Å². The van der Waals surface area contributed by atoms with Gasteiger partial charge in [0.2, 0.25) is 5.43 Å². The largest absolute Gasteiger partial charge is 0.462 e. The average molecular weight is 539 g/mol. The van der Waals surface area contributed by atoms with Gasteiger partial charge in [-0.05, 0) is 89.2 Å². The molecule has 1 aromatic heterocycles.